The molecule has 1 aromatic heterocycles. The summed E-state index contributed by atoms with van der Waals surface area (Å²) in [7, 11) is 1.50. The third-order valence-corrected chi connectivity index (χ3v) is 4.62. The van der Waals surface area contributed by atoms with Gasteiger partial charge in [0, 0.05) is 23.9 Å². The number of nitrogens with two attached hydrogens (primary N) is 1. The summed E-state index contributed by atoms with van der Waals surface area (Å²) in [6, 6.07) is 4.21. The first-order chi connectivity index (χ1) is 13.7. The molecule has 1 atom stereocenters. The van der Waals surface area contributed by atoms with Crippen LogP contribution in [-0.4, -0.2) is 39.6 Å². The lowest BCUT2D eigenvalue weighted by molar-refractivity contribution is -0.128. The number of amides is 1. The lowest BCUT2D eigenvalue weighted by Gasteiger charge is -2.34. The Balaban J connectivity index is 1.88. The maximum Gasteiger partial charge on any atom is 0.231 e. The van der Waals surface area contributed by atoms with E-state index in [0.717, 1.165) is 0 Å². The van der Waals surface area contributed by atoms with E-state index in [1.165, 1.54) is 42.5 Å². The van der Waals surface area contributed by atoms with Crippen LogP contribution in [0.3, 0.4) is 0 Å². The van der Waals surface area contributed by atoms with Crippen molar-refractivity contribution < 1.29 is 14.0 Å². The van der Waals surface area contributed by atoms with Crippen LogP contribution < -0.4 is 5.73 Å². The fourth-order valence-corrected chi connectivity index (χ4v) is 3.00. The molecule has 1 aliphatic heterocycles. The van der Waals surface area contributed by atoms with Crippen LogP contribution in [0.2, 0.25) is 0 Å². The molecule has 0 spiro atoms. The minimum atomic E-state index is -1.17. The number of Topliss-reactive ketones (excluding diaryl/α,β-unsaturated/α-hetero) is 1. The molecule has 0 radical (unpaired) electrons. The summed E-state index contributed by atoms with van der Waals surface area (Å²) in [5.41, 5.74) is 13.8. The molecule has 2 N–H and O–H groups in total. The average Bonchev–Trinajstić information content (AvgIpc) is 2.68. The Morgan fingerprint density at radius 2 is 2.17 bits per heavy atom. The van der Waals surface area contributed by atoms with E-state index in [0.29, 0.717) is 5.56 Å². The van der Waals surface area contributed by atoms with E-state index in [9.17, 15) is 14.0 Å². The van der Waals surface area contributed by atoms with Crippen molar-refractivity contribution in [3.05, 3.63) is 63.7 Å². The molecule has 0 fully saturated rings. The zero-order valence-corrected chi connectivity index (χ0v) is 15.7. The molecule has 3 rings (SSSR count). The number of guanidine groups is 1. The molecule has 29 heavy (non-hydrogen) atoms. The Bertz CT molecular complexity index is 1060. The number of carbonyl (C=O) groups excluding carboxylic acids is 2. The van der Waals surface area contributed by atoms with Gasteiger partial charge in [-0.05, 0) is 35.3 Å². The fourth-order valence-electron chi connectivity index (χ4n) is 3.00. The van der Waals surface area contributed by atoms with Crippen LogP contribution in [0, 0.1) is 5.82 Å². The lowest BCUT2D eigenvalue weighted by Crippen LogP contribution is -2.47. The van der Waals surface area contributed by atoms with Gasteiger partial charge in [0.25, 0.3) is 0 Å². The highest BCUT2D eigenvalue weighted by molar-refractivity contribution is 5.99. The van der Waals surface area contributed by atoms with Gasteiger partial charge >= 0.3 is 0 Å². The van der Waals surface area contributed by atoms with E-state index in [1.54, 1.807) is 6.92 Å². The molecule has 10 nitrogen and oxygen atoms in total. The van der Waals surface area contributed by atoms with Crippen LogP contribution in [0.4, 0.5) is 10.2 Å². The number of rotatable bonds is 5. The Labute approximate surface area is 164 Å². The van der Waals surface area contributed by atoms with Crippen molar-refractivity contribution >= 4 is 23.5 Å². The summed E-state index contributed by atoms with van der Waals surface area (Å²) < 4.78 is 14.5. The van der Waals surface area contributed by atoms with Crippen LogP contribution in [0.15, 0.2) is 40.7 Å². The summed E-state index contributed by atoms with van der Waals surface area (Å²) in [5.74, 6) is -1.13. The van der Waals surface area contributed by atoms with Crippen molar-refractivity contribution in [3.8, 4) is 0 Å². The van der Waals surface area contributed by atoms with Crippen LogP contribution in [-0.2, 0) is 16.8 Å². The van der Waals surface area contributed by atoms with Gasteiger partial charge in [-0.2, -0.15) is 0 Å². The Morgan fingerprint density at radius 3 is 2.79 bits per heavy atom. The third-order valence-electron chi connectivity index (χ3n) is 4.62. The number of nitrogens with zero attached hydrogens (tertiary/aromatic N) is 7. The quantitative estimate of drug-likeness (QED) is 0.356. The van der Waals surface area contributed by atoms with E-state index in [1.807, 2.05) is 0 Å². The predicted octanol–water partition coefficient (Wildman–Crippen LogP) is 2.37. The largest absolute Gasteiger partial charge is 0.369 e. The van der Waals surface area contributed by atoms with E-state index < -0.39 is 11.4 Å². The number of azide groups is 1. The number of hydrogen-bond acceptors (Lipinski definition) is 7. The average molecular weight is 396 g/mol. The molecule has 1 aliphatic rings. The summed E-state index contributed by atoms with van der Waals surface area (Å²) in [6.07, 6.45) is 2.28. The smallest absolute Gasteiger partial charge is 0.231 e. The molecule has 1 aromatic carbocycles. The summed E-state index contributed by atoms with van der Waals surface area (Å²) in [6.45, 7) is 1.62. The molecule has 0 saturated carbocycles. The van der Waals surface area contributed by atoms with Gasteiger partial charge < -0.3 is 5.73 Å². The van der Waals surface area contributed by atoms with Gasteiger partial charge in [-0.15, -0.1) is 0 Å². The second-order valence-corrected chi connectivity index (χ2v) is 6.74. The molecule has 0 aliphatic carbocycles. The summed E-state index contributed by atoms with van der Waals surface area (Å²) in [5, 5.41) is 3.29. The molecule has 1 unspecified atom stereocenters. The van der Waals surface area contributed by atoms with Crippen molar-refractivity contribution in [3.63, 3.8) is 0 Å². The topological polar surface area (TPSA) is 150 Å². The van der Waals surface area contributed by atoms with Crippen LogP contribution >= 0.6 is 0 Å². The first kappa shape index (κ1) is 19.9. The highest BCUT2D eigenvalue weighted by atomic mass is 19.1. The Morgan fingerprint density at radius 1 is 1.41 bits per heavy atom. The van der Waals surface area contributed by atoms with Crippen molar-refractivity contribution in [2.75, 3.05) is 7.05 Å². The molecule has 2 heterocycles. The highest BCUT2D eigenvalue weighted by Gasteiger charge is 2.38. The molecule has 148 valence electrons. The molecule has 11 heteroatoms. The van der Waals surface area contributed by atoms with E-state index >= 15 is 0 Å². The number of halogens is 1. The van der Waals surface area contributed by atoms with Gasteiger partial charge in [-0.3, -0.25) is 19.5 Å². The van der Waals surface area contributed by atoms with Crippen LogP contribution in [0.5, 0.6) is 0 Å². The second kappa shape index (κ2) is 7.64. The number of aliphatic imine (C=N–C) groups is 1. The Hall–Kier alpha value is -3.85. The summed E-state index contributed by atoms with van der Waals surface area (Å²) in [4.78, 5) is 40.5. The van der Waals surface area contributed by atoms with Crippen molar-refractivity contribution in [1.82, 2.24) is 14.9 Å². The van der Waals surface area contributed by atoms with Gasteiger partial charge in [0.05, 0.1) is 24.4 Å². The van der Waals surface area contributed by atoms with Gasteiger partial charge in [-0.1, -0.05) is 6.07 Å². The molecule has 2 aromatic rings. The van der Waals surface area contributed by atoms with Crippen molar-refractivity contribution in [2.45, 2.75) is 25.3 Å². The molecule has 0 saturated heterocycles. The maximum absolute atomic E-state index is 14.5. The highest BCUT2D eigenvalue weighted by Crippen LogP contribution is 2.35. The van der Waals surface area contributed by atoms with Gasteiger partial charge in [-0.25, -0.2) is 14.4 Å². The Kier molecular flexibility index (Phi) is 5.24. The third kappa shape index (κ3) is 4.04. The SMILES string of the molecule is CN1C(=O)CC(C)(c2cc(CC(=O)c3cnc(N=[N+]=[N-])cn3)ccc2F)N=C1N. The number of hydrogen-bond donors (Lipinski definition) is 1. The zero-order chi connectivity index (χ0) is 21.2. The molecular formula is C18H17FN8O2. The standard InChI is InChI=1S/C18H17FN8O2/c1-18(7-16(29)27(2)17(20)24-18)11-5-10(3-4-12(11)19)6-14(28)13-8-23-15(9-22-13)25-26-21/h3-5,8-9H,6-7H2,1-2H3,(H2,20,24). The number of aromatic nitrogens is 2. The molecule has 0 bridgehead atoms. The first-order valence-corrected chi connectivity index (χ1v) is 8.54. The number of benzene rings is 1. The molecule has 1 amide bonds. The van der Waals surface area contributed by atoms with Gasteiger partial charge in [0.2, 0.25) is 5.91 Å². The second-order valence-electron chi connectivity index (χ2n) is 6.74. The van der Waals surface area contributed by atoms with Crippen LogP contribution in [0.25, 0.3) is 10.4 Å². The van der Waals surface area contributed by atoms with E-state index in [2.05, 4.69) is 25.0 Å². The minimum Gasteiger partial charge on any atom is -0.369 e. The van der Waals surface area contributed by atoms with E-state index in [4.69, 9.17) is 11.3 Å². The normalized spacial score (nSPS) is 18.8. The van der Waals surface area contributed by atoms with Crippen LogP contribution in [0.1, 0.15) is 35.0 Å². The maximum atomic E-state index is 14.5. The van der Waals surface area contributed by atoms with Gasteiger partial charge in [0.15, 0.2) is 11.7 Å². The monoisotopic (exact) mass is 396 g/mol. The van der Waals surface area contributed by atoms with Gasteiger partial charge in [0.1, 0.15) is 17.3 Å². The predicted molar refractivity (Wildman–Crippen MR) is 102 cm³/mol. The lowest BCUT2D eigenvalue weighted by atomic mass is 9.85. The number of ketones is 1. The van der Waals surface area contributed by atoms with Crippen molar-refractivity contribution in [1.29, 1.82) is 0 Å². The first-order valence-electron chi connectivity index (χ1n) is 8.54. The summed E-state index contributed by atoms with van der Waals surface area (Å²) >= 11 is 0. The minimum absolute atomic E-state index is 0.0000201. The molecular weight excluding hydrogens is 379 g/mol. The number of carbonyl (C=O) groups is 2. The zero-order valence-electron chi connectivity index (χ0n) is 15.7. The fraction of sp³-hybridized carbons (Fsp3) is 0.278. The van der Waals surface area contributed by atoms with E-state index in [-0.39, 0.29) is 47.6 Å². The van der Waals surface area contributed by atoms with Crippen molar-refractivity contribution in [2.24, 2.45) is 15.8 Å².